The van der Waals surface area contributed by atoms with Crippen LogP contribution < -0.4 is 5.32 Å². The van der Waals surface area contributed by atoms with Crippen molar-refractivity contribution in [3.05, 3.63) is 0 Å². The molecule has 64 valence electrons. The first-order valence-electron chi connectivity index (χ1n) is 3.72. The molecule has 1 unspecified atom stereocenters. The van der Waals surface area contributed by atoms with Gasteiger partial charge < -0.3 is 4.74 Å². The molecule has 1 rings (SSSR count). The van der Waals surface area contributed by atoms with E-state index in [2.05, 4.69) is 5.32 Å². The van der Waals surface area contributed by atoms with Gasteiger partial charge in [0.2, 0.25) is 0 Å². The molecule has 1 aliphatic rings. The summed E-state index contributed by atoms with van der Waals surface area (Å²) in [6.07, 6.45) is 0.782. The Labute approximate surface area is 70.9 Å². The molecule has 1 aliphatic heterocycles. The summed E-state index contributed by atoms with van der Waals surface area (Å²) in [4.78, 5) is 10.8. The van der Waals surface area contributed by atoms with Gasteiger partial charge in [0, 0.05) is 12.3 Å². The monoisotopic (exact) mass is 175 g/mol. The Morgan fingerprint density at radius 1 is 1.82 bits per heavy atom. The Morgan fingerprint density at radius 2 is 2.55 bits per heavy atom. The third kappa shape index (κ3) is 1.51. The van der Waals surface area contributed by atoms with E-state index in [0.717, 1.165) is 18.7 Å². The van der Waals surface area contributed by atoms with Crippen molar-refractivity contribution in [3.63, 3.8) is 0 Å². The van der Waals surface area contributed by atoms with E-state index in [1.54, 1.807) is 11.8 Å². The van der Waals surface area contributed by atoms with E-state index < -0.39 is 4.87 Å². The van der Waals surface area contributed by atoms with Crippen molar-refractivity contribution >= 4 is 17.7 Å². The molecular weight excluding hydrogens is 162 g/mol. The highest BCUT2D eigenvalue weighted by atomic mass is 32.2. The van der Waals surface area contributed by atoms with Gasteiger partial charge in [0.15, 0.2) is 4.87 Å². The summed E-state index contributed by atoms with van der Waals surface area (Å²) in [5.41, 5.74) is 0. The quantitative estimate of drug-likeness (QED) is 0.624. The molecule has 4 heteroatoms. The zero-order valence-corrected chi connectivity index (χ0v) is 7.66. The summed E-state index contributed by atoms with van der Waals surface area (Å²) in [5.74, 6) is 0.839. The Kier molecular flexibility index (Phi) is 2.78. The average Bonchev–Trinajstić information content (AvgIpc) is 2.52. The minimum Gasteiger partial charge on any atom is -0.467 e. The maximum Gasteiger partial charge on any atom is 0.336 e. The van der Waals surface area contributed by atoms with Gasteiger partial charge in [-0.3, -0.25) is 5.32 Å². The number of nitrogens with one attached hydrogen (secondary N) is 1. The highest BCUT2D eigenvalue weighted by molar-refractivity contribution is 8.01. The molecule has 0 amide bonds. The van der Waals surface area contributed by atoms with Crippen LogP contribution >= 0.6 is 11.8 Å². The third-order valence-electron chi connectivity index (χ3n) is 1.87. The van der Waals surface area contributed by atoms with Crippen molar-refractivity contribution in [1.29, 1.82) is 0 Å². The summed E-state index contributed by atoms with van der Waals surface area (Å²) >= 11 is 1.64. The maximum absolute atomic E-state index is 11.3. The molecule has 1 saturated heterocycles. The van der Waals surface area contributed by atoms with E-state index >= 15 is 0 Å². The van der Waals surface area contributed by atoms with E-state index in [9.17, 15) is 4.79 Å². The summed E-state index contributed by atoms with van der Waals surface area (Å²) in [5, 5.41) is 3.16. The predicted octanol–water partition coefficient (Wildman–Crippen LogP) is 0.602. The second-order valence-corrected chi connectivity index (χ2v) is 3.84. The number of carbonyl (C=O) groups is 1. The Hall–Kier alpha value is -0.220. The first-order valence-corrected chi connectivity index (χ1v) is 4.71. The smallest absolute Gasteiger partial charge is 0.336 e. The number of hydrogen-bond acceptors (Lipinski definition) is 4. The lowest BCUT2D eigenvalue weighted by molar-refractivity contribution is -0.144. The van der Waals surface area contributed by atoms with Gasteiger partial charge in [-0.25, -0.2) is 4.79 Å². The summed E-state index contributed by atoms with van der Waals surface area (Å²) in [6, 6.07) is 0. The van der Waals surface area contributed by atoms with E-state index in [4.69, 9.17) is 4.74 Å². The molecule has 1 heterocycles. The normalized spacial score (nSPS) is 30.4. The fourth-order valence-electron chi connectivity index (χ4n) is 1.20. The Balaban J connectivity index is 2.66. The number of thioether (sulfide) groups is 1. The maximum atomic E-state index is 11.3. The zero-order valence-electron chi connectivity index (χ0n) is 6.85. The van der Waals surface area contributed by atoms with Crippen LogP contribution in [0.2, 0.25) is 0 Å². The highest BCUT2D eigenvalue weighted by Gasteiger charge is 2.41. The van der Waals surface area contributed by atoms with Gasteiger partial charge in [-0.05, 0) is 6.42 Å². The number of hydrogen-bond donors (Lipinski definition) is 1. The lowest BCUT2D eigenvalue weighted by Crippen LogP contribution is -2.45. The van der Waals surface area contributed by atoms with Crippen LogP contribution in [0.3, 0.4) is 0 Å². The Bertz CT molecular complexity index is 155. The first kappa shape index (κ1) is 8.87. The van der Waals surface area contributed by atoms with Crippen LogP contribution in [0.15, 0.2) is 0 Å². The molecule has 0 spiro atoms. The SMILES string of the molecule is CCC1(C(=O)OC)NCCS1. The van der Waals surface area contributed by atoms with Gasteiger partial charge in [-0.2, -0.15) is 0 Å². The molecule has 0 aromatic rings. The lowest BCUT2D eigenvalue weighted by atomic mass is 10.2. The largest absolute Gasteiger partial charge is 0.467 e. The number of ether oxygens (including phenoxy) is 1. The molecule has 0 aromatic carbocycles. The minimum absolute atomic E-state index is 0.150. The summed E-state index contributed by atoms with van der Waals surface area (Å²) in [7, 11) is 1.43. The first-order chi connectivity index (χ1) is 5.25. The van der Waals surface area contributed by atoms with E-state index in [1.807, 2.05) is 6.92 Å². The van der Waals surface area contributed by atoms with Gasteiger partial charge in [-0.15, -0.1) is 11.8 Å². The molecule has 0 saturated carbocycles. The van der Waals surface area contributed by atoms with Gasteiger partial charge in [0.25, 0.3) is 0 Å². The molecular formula is C7H13NO2S. The molecule has 1 atom stereocenters. The lowest BCUT2D eigenvalue weighted by Gasteiger charge is -2.23. The number of rotatable bonds is 2. The van der Waals surface area contributed by atoms with Crippen molar-refractivity contribution in [2.75, 3.05) is 19.4 Å². The zero-order chi connectivity index (χ0) is 8.32. The van der Waals surface area contributed by atoms with Crippen molar-refractivity contribution in [2.24, 2.45) is 0 Å². The summed E-state index contributed by atoms with van der Waals surface area (Å²) < 4.78 is 4.71. The van der Waals surface area contributed by atoms with Gasteiger partial charge in [0.05, 0.1) is 7.11 Å². The van der Waals surface area contributed by atoms with Crippen molar-refractivity contribution < 1.29 is 9.53 Å². The predicted molar refractivity (Wildman–Crippen MR) is 45.5 cm³/mol. The van der Waals surface area contributed by atoms with Gasteiger partial charge in [-0.1, -0.05) is 6.92 Å². The molecule has 11 heavy (non-hydrogen) atoms. The van der Waals surface area contributed by atoms with Crippen molar-refractivity contribution in [1.82, 2.24) is 5.32 Å². The molecule has 1 N–H and O–H groups in total. The molecule has 1 fully saturated rings. The fraction of sp³-hybridized carbons (Fsp3) is 0.857. The standard InChI is InChI=1S/C7H13NO2S/c1-3-7(6(9)10-2)8-4-5-11-7/h8H,3-5H2,1-2H3. The van der Waals surface area contributed by atoms with Crippen molar-refractivity contribution in [2.45, 2.75) is 18.2 Å². The van der Waals surface area contributed by atoms with Crippen LogP contribution in [-0.2, 0) is 9.53 Å². The average molecular weight is 175 g/mol. The summed E-state index contributed by atoms with van der Waals surface area (Å²) in [6.45, 7) is 2.88. The molecule has 0 bridgehead atoms. The number of carbonyl (C=O) groups excluding carboxylic acids is 1. The van der Waals surface area contributed by atoms with Crippen LogP contribution in [-0.4, -0.2) is 30.2 Å². The van der Waals surface area contributed by atoms with Gasteiger partial charge >= 0.3 is 5.97 Å². The number of methoxy groups -OCH3 is 1. The fourth-order valence-corrected chi connectivity index (χ4v) is 2.36. The van der Waals surface area contributed by atoms with Gasteiger partial charge in [0.1, 0.15) is 0 Å². The van der Waals surface area contributed by atoms with Crippen molar-refractivity contribution in [3.8, 4) is 0 Å². The van der Waals surface area contributed by atoms with E-state index in [-0.39, 0.29) is 5.97 Å². The van der Waals surface area contributed by atoms with Crippen LogP contribution in [0.25, 0.3) is 0 Å². The van der Waals surface area contributed by atoms with Crippen LogP contribution in [0.4, 0.5) is 0 Å². The second kappa shape index (κ2) is 3.45. The van der Waals surface area contributed by atoms with E-state index in [0.29, 0.717) is 0 Å². The topological polar surface area (TPSA) is 38.3 Å². The van der Waals surface area contributed by atoms with Crippen LogP contribution in [0.1, 0.15) is 13.3 Å². The third-order valence-corrected chi connectivity index (χ3v) is 3.37. The van der Waals surface area contributed by atoms with Crippen LogP contribution in [0.5, 0.6) is 0 Å². The highest BCUT2D eigenvalue weighted by Crippen LogP contribution is 2.31. The minimum atomic E-state index is -0.450. The Morgan fingerprint density at radius 3 is 2.91 bits per heavy atom. The molecule has 0 aliphatic carbocycles. The number of esters is 1. The molecule has 0 radical (unpaired) electrons. The van der Waals surface area contributed by atoms with Crippen LogP contribution in [0, 0.1) is 0 Å². The molecule has 3 nitrogen and oxygen atoms in total. The van der Waals surface area contributed by atoms with E-state index in [1.165, 1.54) is 7.11 Å². The molecule has 0 aromatic heterocycles. The second-order valence-electron chi connectivity index (χ2n) is 2.45.